The number of hydrogen-bond acceptors (Lipinski definition) is 7. The summed E-state index contributed by atoms with van der Waals surface area (Å²) in [5.74, 6) is 0.533. The minimum absolute atomic E-state index is 0.126. The molecule has 1 saturated heterocycles. The molecule has 4 rings (SSSR count). The van der Waals surface area contributed by atoms with Gasteiger partial charge in [-0.1, -0.05) is 49.2 Å². The molecule has 2 aromatic rings. The first kappa shape index (κ1) is 26.2. The third-order valence-corrected chi connectivity index (χ3v) is 10.1. The Balaban J connectivity index is 1.40. The van der Waals surface area contributed by atoms with E-state index in [2.05, 4.69) is 10.3 Å². The smallest absolute Gasteiger partial charge is 0.233 e. The van der Waals surface area contributed by atoms with E-state index in [1.165, 1.54) is 48.6 Å². The SMILES string of the molecule is CS(=O)(=O)c1ccc(C(CC2CCCC2)C(=O)Nc2ncc(SCC(=O)N3CCCCC3)s2)cc1. The average Bonchev–Trinajstić information content (AvgIpc) is 3.53. The Morgan fingerprint density at radius 2 is 1.80 bits per heavy atom. The van der Waals surface area contributed by atoms with Gasteiger partial charge in [0.1, 0.15) is 0 Å². The predicted octanol–water partition coefficient (Wildman–Crippen LogP) is 4.95. The first-order valence-corrected chi connectivity index (χ1v) is 16.0. The summed E-state index contributed by atoms with van der Waals surface area (Å²) in [6.07, 6.45) is 11.6. The predicted molar refractivity (Wildman–Crippen MR) is 141 cm³/mol. The normalized spacial score (nSPS) is 17.9. The van der Waals surface area contributed by atoms with E-state index in [4.69, 9.17) is 0 Å². The zero-order valence-corrected chi connectivity index (χ0v) is 22.5. The van der Waals surface area contributed by atoms with E-state index >= 15 is 0 Å². The molecule has 1 N–H and O–H groups in total. The summed E-state index contributed by atoms with van der Waals surface area (Å²) in [4.78, 5) is 32.3. The molecule has 0 spiro atoms. The van der Waals surface area contributed by atoms with Crippen molar-refractivity contribution in [2.75, 3.05) is 30.4 Å². The lowest BCUT2D eigenvalue weighted by atomic mass is 9.87. The average molecular weight is 536 g/mol. The van der Waals surface area contributed by atoms with Crippen LogP contribution in [0.15, 0.2) is 39.6 Å². The van der Waals surface area contributed by atoms with Crippen molar-refractivity contribution in [2.24, 2.45) is 5.92 Å². The lowest BCUT2D eigenvalue weighted by Crippen LogP contribution is -2.36. The van der Waals surface area contributed by atoms with Crippen molar-refractivity contribution in [3.05, 3.63) is 36.0 Å². The quantitative estimate of drug-likeness (QED) is 0.456. The number of sulfone groups is 1. The van der Waals surface area contributed by atoms with Crippen molar-refractivity contribution in [3.63, 3.8) is 0 Å². The van der Waals surface area contributed by atoms with Gasteiger partial charge < -0.3 is 10.2 Å². The van der Waals surface area contributed by atoms with Gasteiger partial charge in [-0.3, -0.25) is 9.59 Å². The summed E-state index contributed by atoms with van der Waals surface area (Å²) in [5.41, 5.74) is 0.820. The number of hydrogen-bond donors (Lipinski definition) is 1. The van der Waals surface area contributed by atoms with Crippen molar-refractivity contribution < 1.29 is 18.0 Å². The largest absolute Gasteiger partial charge is 0.342 e. The molecular formula is C25H33N3O4S3. The maximum atomic E-state index is 13.3. The van der Waals surface area contributed by atoms with E-state index in [0.29, 0.717) is 16.8 Å². The summed E-state index contributed by atoms with van der Waals surface area (Å²) >= 11 is 2.84. The van der Waals surface area contributed by atoms with Crippen LogP contribution in [0.3, 0.4) is 0 Å². The highest BCUT2D eigenvalue weighted by Gasteiger charge is 2.28. The molecule has 10 heteroatoms. The summed E-state index contributed by atoms with van der Waals surface area (Å²) in [7, 11) is -3.29. The molecule has 1 aliphatic carbocycles. The lowest BCUT2D eigenvalue weighted by molar-refractivity contribution is -0.129. The molecule has 0 bridgehead atoms. The number of benzene rings is 1. The molecule has 2 amide bonds. The Kier molecular flexibility index (Phi) is 8.88. The summed E-state index contributed by atoms with van der Waals surface area (Å²) < 4.78 is 24.6. The first-order chi connectivity index (χ1) is 16.8. The van der Waals surface area contributed by atoms with E-state index in [-0.39, 0.29) is 22.6 Å². The van der Waals surface area contributed by atoms with Gasteiger partial charge in [0.05, 0.1) is 27.0 Å². The number of carbonyl (C=O) groups is 2. The second-order valence-corrected chi connectivity index (χ2v) is 13.8. The number of amides is 2. The van der Waals surface area contributed by atoms with Crippen molar-refractivity contribution in [1.29, 1.82) is 0 Å². The highest BCUT2D eigenvalue weighted by atomic mass is 32.2. The van der Waals surface area contributed by atoms with Crippen molar-refractivity contribution >= 4 is 49.9 Å². The van der Waals surface area contributed by atoms with Crippen LogP contribution in [0.25, 0.3) is 0 Å². The van der Waals surface area contributed by atoms with Gasteiger partial charge in [-0.15, -0.1) is 11.8 Å². The Hall–Kier alpha value is -1.91. The molecule has 2 aliphatic rings. The summed E-state index contributed by atoms with van der Waals surface area (Å²) in [6.45, 7) is 1.69. The second kappa shape index (κ2) is 11.9. The molecule has 1 unspecified atom stereocenters. The number of piperidine rings is 1. The third-order valence-electron chi connectivity index (χ3n) is 6.83. The number of anilines is 1. The molecule has 1 aromatic heterocycles. The number of thiazole rings is 1. The first-order valence-electron chi connectivity index (χ1n) is 12.3. The van der Waals surface area contributed by atoms with Crippen molar-refractivity contribution in [2.45, 2.75) is 66.4 Å². The van der Waals surface area contributed by atoms with Gasteiger partial charge in [-0.2, -0.15) is 0 Å². The fraction of sp³-hybridized carbons (Fsp3) is 0.560. The zero-order valence-electron chi connectivity index (χ0n) is 20.1. The molecule has 1 atom stereocenters. The van der Waals surface area contributed by atoms with Gasteiger partial charge in [0.2, 0.25) is 11.8 Å². The van der Waals surface area contributed by atoms with Gasteiger partial charge in [-0.05, 0) is 49.3 Å². The number of carbonyl (C=O) groups excluding carboxylic acids is 2. The molecule has 35 heavy (non-hydrogen) atoms. The number of nitrogens with one attached hydrogen (secondary N) is 1. The Morgan fingerprint density at radius 1 is 1.11 bits per heavy atom. The van der Waals surface area contributed by atoms with E-state index in [1.54, 1.807) is 30.5 Å². The van der Waals surface area contributed by atoms with Crippen LogP contribution in [0, 0.1) is 5.92 Å². The van der Waals surface area contributed by atoms with Crippen LogP contribution in [0.5, 0.6) is 0 Å². The molecular weight excluding hydrogens is 502 g/mol. The number of aromatic nitrogens is 1. The van der Waals surface area contributed by atoms with Gasteiger partial charge in [0, 0.05) is 19.3 Å². The summed E-state index contributed by atoms with van der Waals surface area (Å²) in [5, 5.41) is 3.49. The number of nitrogens with zero attached hydrogens (tertiary/aromatic N) is 2. The number of thioether (sulfide) groups is 1. The standard InChI is InChI=1S/C25H33N3O4S3/c1-35(31,32)20-11-9-19(10-12-20)21(15-18-7-3-4-8-18)24(30)27-25-26-16-23(34-25)33-17-22(29)28-13-5-2-6-14-28/h9-12,16,18,21H,2-8,13-15,17H2,1H3,(H,26,27,30). The van der Waals surface area contributed by atoms with Crippen molar-refractivity contribution in [3.8, 4) is 0 Å². The van der Waals surface area contributed by atoms with Gasteiger partial charge in [0.25, 0.3) is 0 Å². The Morgan fingerprint density at radius 3 is 2.46 bits per heavy atom. The molecule has 2 heterocycles. The second-order valence-electron chi connectivity index (χ2n) is 9.48. The topological polar surface area (TPSA) is 96.4 Å². The van der Waals surface area contributed by atoms with Crippen LogP contribution in [0.1, 0.15) is 62.8 Å². The van der Waals surface area contributed by atoms with Crippen molar-refractivity contribution in [1.82, 2.24) is 9.88 Å². The minimum atomic E-state index is -3.29. The van der Waals surface area contributed by atoms with Crippen LogP contribution < -0.4 is 5.32 Å². The molecule has 190 valence electrons. The van der Waals surface area contributed by atoms with Crippen LogP contribution in [0.4, 0.5) is 5.13 Å². The van der Waals surface area contributed by atoms with Crippen LogP contribution in [0.2, 0.25) is 0 Å². The third kappa shape index (κ3) is 7.30. The van der Waals surface area contributed by atoms with Gasteiger partial charge in [-0.25, -0.2) is 13.4 Å². The molecule has 2 fully saturated rings. The number of likely N-dealkylation sites (tertiary alicyclic amines) is 1. The van der Waals surface area contributed by atoms with Crippen LogP contribution in [-0.4, -0.2) is 55.2 Å². The highest BCUT2D eigenvalue weighted by Crippen LogP contribution is 2.36. The van der Waals surface area contributed by atoms with Crippen LogP contribution in [-0.2, 0) is 19.4 Å². The molecule has 1 aliphatic heterocycles. The van der Waals surface area contributed by atoms with Gasteiger partial charge in [0.15, 0.2) is 15.0 Å². The fourth-order valence-electron chi connectivity index (χ4n) is 4.87. The zero-order chi connectivity index (χ0) is 24.8. The van der Waals surface area contributed by atoms with Crippen LogP contribution >= 0.6 is 23.1 Å². The number of rotatable bonds is 9. The molecule has 0 radical (unpaired) electrons. The molecule has 7 nitrogen and oxygen atoms in total. The van der Waals surface area contributed by atoms with E-state index in [0.717, 1.165) is 55.0 Å². The van der Waals surface area contributed by atoms with E-state index in [9.17, 15) is 18.0 Å². The molecule has 1 saturated carbocycles. The Labute approximate surface area is 216 Å². The lowest BCUT2D eigenvalue weighted by Gasteiger charge is -2.26. The minimum Gasteiger partial charge on any atom is -0.342 e. The monoisotopic (exact) mass is 535 g/mol. The van der Waals surface area contributed by atoms with Gasteiger partial charge >= 0.3 is 0 Å². The molecule has 1 aromatic carbocycles. The fourth-order valence-corrected chi connectivity index (χ4v) is 7.27. The maximum absolute atomic E-state index is 13.3. The van der Waals surface area contributed by atoms with E-state index in [1.807, 2.05) is 4.90 Å². The Bertz CT molecular complexity index is 1120. The van der Waals surface area contributed by atoms with E-state index < -0.39 is 9.84 Å². The summed E-state index contributed by atoms with van der Waals surface area (Å²) in [6, 6.07) is 6.67. The maximum Gasteiger partial charge on any atom is 0.233 e. The highest BCUT2D eigenvalue weighted by molar-refractivity contribution is 8.01.